The van der Waals surface area contributed by atoms with Gasteiger partial charge in [0.15, 0.2) is 5.76 Å². The third kappa shape index (κ3) is 3.50. The second-order valence-electron chi connectivity index (χ2n) is 5.34. The Morgan fingerprint density at radius 1 is 1.20 bits per heavy atom. The number of nitrogens with one attached hydrogen (secondary N) is 1. The molecule has 3 aromatic rings. The van der Waals surface area contributed by atoms with Crippen LogP contribution in [-0.2, 0) is 6.54 Å². The topological polar surface area (TPSA) is 86.7 Å². The fourth-order valence-corrected chi connectivity index (χ4v) is 2.44. The van der Waals surface area contributed by atoms with E-state index in [2.05, 4.69) is 10.5 Å². The number of rotatable bonds is 6. The van der Waals surface area contributed by atoms with Gasteiger partial charge in [-0.3, -0.25) is 4.79 Å². The molecule has 2 heterocycles. The summed E-state index contributed by atoms with van der Waals surface area (Å²) >= 11 is 0. The summed E-state index contributed by atoms with van der Waals surface area (Å²) in [6.07, 6.45) is 1.56. The van der Waals surface area contributed by atoms with Crippen molar-refractivity contribution in [2.24, 2.45) is 0 Å². The summed E-state index contributed by atoms with van der Waals surface area (Å²) < 4.78 is 21.1. The first-order valence-electron chi connectivity index (χ1n) is 7.62. The molecule has 3 rings (SSSR count). The fraction of sp³-hybridized carbons (Fsp3) is 0.222. The van der Waals surface area contributed by atoms with Gasteiger partial charge in [-0.15, -0.1) is 0 Å². The number of hydrogen-bond acceptors (Lipinski definition) is 6. The van der Waals surface area contributed by atoms with E-state index in [1.165, 1.54) is 0 Å². The number of carbonyl (C=O) groups is 1. The van der Waals surface area contributed by atoms with Crippen LogP contribution in [0.3, 0.4) is 0 Å². The van der Waals surface area contributed by atoms with Gasteiger partial charge in [-0.25, -0.2) is 0 Å². The van der Waals surface area contributed by atoms with Crippen LogP contribution < -0.4 is 14.8 Å². The first kappa shape index (κ1) is 16.6. The van der Waals surface area contributed by atoms with Gasteiger partial charge in [0, 0.05) is 11.6 Å². The van der Waals surface area contributed by atoms with Gasteiger partial charge in [0.25, 0.3) is 5.91 Å². The Morgan fingerprint density at radius 2 is 1.92 bits per heavy atom. The van der Waals surface area contributed by atoms with Gasteiger partial charge in [0.2, 0.25) is 0 Å². The van der Waals surface area contributed by atoms with Gasteiger partial charge in [-0.2, -0.15) is 0 Å². The second kappa shape index (κ2) is 7.12. The zero-order valence-electron chi connectivity index (χ0n) is 14.2. The van der Waals surface area contributed by atoms with Crippen LogP contribution in [0.1, 0.15) is 21.8 Å². The number of hydrogen-bond donors (Lipinski definition) is 1. The lowest BCUT2D eigenvalue weighted by Crippen LogP contribution is -2.23. The molecular weight excluding hydrogens is 324 g/mol. The van der Waals surface area contributed by atoms with Gasteiger partial charge in [-0.05, 0) is 31.2 Å². The SMILES string of the molecule is COc1cc(OC)cc(-c2onc(C)c2C(=O)NCc2ccco2)c1. The summed E-state index contributed by atoms with van der Waals surface area (Å²) in [7, 11) is 3.11. The maximum absolute atomic E-state index is 12.6. The normalized spacial score (nSPS) is 10.5. The second-order valence-corrected chi connectivity index (χ2v) is 5.34. The lowest BCUT2D eigenvalue weighted by molar-refractivity contribution is 0.0947. The van der Waals surface area contributed by atoms with Crippen molar-refractivity contribution < 1.29 is 23.2 Å². The predicted octanol–water partition coefficient (Wildman–Crippen LogP) is 3.19. The van der Waals surface area contributed by atoms with Gasteiger partial charge in [0.1, 0.15) is 22.8 Å². The highest BCUT2D eigenvalue weighted by Crippen LogP contribution is 2.32. The number of aromatic nitrogens is 1. The van der Waals surface area contributed by atoms with Crippen LogP contribution in [0.2, 0.25) is 0 Å². The van der Waals surface area contributed by atoms with Crippen LogP contribution in [0.5, 0.6) is 11.5 Å². The summed E-state index contributed by atoms with van der Waals surface area (Å²) in [6, 6.07) is 8.80. The van der Waals surface area contributed by atoms with Crippen molar-refractivity contribution in [1.82, 2.24) is 10.5 Å². The first-order chi connectivity index (χ1) is 12.1. The van der Waals surface area contributed by atoms with E-state index in [0.717, 1.165) is 0 Å². The van der Waals surface area contributed by atoms with Crippen LogP contribution in [0.25, 0.3) is 11.3 Å². The Morgan fingerprint density at radius 3 is 2.52 bits per heavy atom. The van der Waals surface area contributed by atoms with E-state index in [9.17, 15) is 4.79 Å². The standard InChI is InChI=1S/C18H18N2O5/c1-11-16(18(21)19-10-13-5-4-6-24-13)17(25-20-11)12-7-14(22-2)9-15(8-12)23-3/h4-9H,10H2,1-3H3,(H,19,21). The molecule has 1 amide bonds. The molecule has 25 heavy (non-hydrogen) atoms. The predicted molar refractivity (Wildman–Crippen MR) is 89.7 cm³/mol. The minimum Gasteiger partial charge on any atom is -0.497 e. The number of ether oxygens (including phenoxy) is 2. The molecule has 0 aliphatic carbocycles. The third-order valence-electron chi connectivity index (χ3n) is 3.71. The highest BCUT2D eigenvalue weighted by atomic mass is 16.5. The average molecular weight is 342 g/mol. The molecule has 0 spiro atoms. The zero-order valence-corrected chi connectivity index (χ0v) is 14.2. The number of carbonyl (C=O) groups excluding carboxylic acids is 1. The van der Waals surface area contributed by atoms with Crippen molar-refractivity contribution in [3.63, 3.8) is 0 Å². The van der Waals surface area contributed by atoms with Gasteiger partial charge < -0.3 is 23.7 Å². The molecule has 0 fully saturated rings. The molecule has 1 aromatic carbocycles. The molecular formula is C18H18N2O5. The molecule has 0 aliphatic rings. The largest absolute Gasteiger partial charge is 0.497 e. The van der Waals surface area contributed by atoms with Crippen molar-refractivity contribution in [1.29, 1.82) is 0 Å². The minimum absolute atomic E-state index is 0.275. The van der Waals surface area contributed by atoms with E-state index in [-0.39, 0.29) is 12.5 Å². The average Bonchev–Trinajstić information content (AvgIpc) is 3.28. The summed E-state index contributed by atoms with van der Waals surface area (Å²) in [6.45, 7) is 1.99. The van der Waals surface area contributed by atoms with Crippen LogP contribution in [0.15, 0.2) is 45.5 Å². The molecule has 0 unspecified atom stereocenters. The molecule has 2 aromatic heterocycles. The Kier molecular flexibility index (Phi) is 4.74. The van der Waals surface area contributed by atoms with Crippen LogP contribution in [-0.4, -0.2) is 25.3 Å². The smallest absolute Gasteiger partial charge is 0.257 e. The summed E-state index contributed by atoms with van der Waals surface area (Å²) in [5.74, 6) is 1.89. The molecule has 7 nitrogen and oxygen atoms in total. The number of benzene rings is 1. The van der Waals surface area contributed by atoms with Gasteiger partial charge >= 0.3 is 0 Å². The molecule has 0 saturated carbocycles. The Labute approximate surface area is 144 Å². The van der Waals surface area contributed by atoms with Crippen molar-refractivity contribution in [2.45, 2.75) is 13.5 Å². The van der Waals surface area contributed by atoms with E-state index in [0.29, 0.717) is 39.8 Å². The van der Waals surface area contributed by atoms with E-state index < -0.39 is 0 Å². The van der Waals surface area contributed by atoms with Crippen molar-refractivity contribution in [3.05, 3.63) is 53.6 Å². The Balaban J connectivity index is 1.92. The minimum atomic E-state index is -0.299. The number of nitrogens with zero attached hydrogens (tertiary/aromatic N) is 1. The monoisotopic (exact) mass is 342 g/mol. The van der Waals surface area contributed by atoms with Gasteiger partial charge in [0.05, 0.1) is 32.7 Å². The summed E-state index contributed by atoms with van der Waals surface area (Å²) in [4.78, 5) is 12.6. The number of amides is 1. The Hall–Kier alpha value is -3.22. The highest BCUT2D eigenvalue weighted by Gasteiger charge is 2.23. The molecule has 1 N–H and O–H groups in total. The lowest BCUT2D eigenvalue weighted by Gasteiger charge is -2.08. The molecule has 7 heteroatoms. The lowest BCUT2D eigenvalue weighted by atomic mass is 10.1. The van der Waals surface area contributed by atoms with Crippen molar-refractivity contribution in [3.8, 4) is 22.8 Å². The molecule has 0 radical (unpaired) electrons. The van der Waals surface area contributed by atoms with Crippen LogP contribution in [0, 0.1) is 6.92 Å². The Bertz CT molecular complexity index is 845. The summed E-state index contributed by atoms with van der Waals surface area (Å²) in [5.41, 5.74) is 1.50. The van der Waals surface area contributed by atoms with E-state index in [1.807, 2.05) is 0 Å². The highest BCUT2D eigenvalue weighted by molar-refractivity contribution is 6.00. The molecule has 0 atom stereocenters. The first-order valence-corrected chi connectivity index (χ1v) is 7.62. The van der Waals surface area contributed by atoms with Crippen molar-refractivity contribution >= 4 is 5.91 Å². The quantitative estimate of drug-likeness (QED) is 0.740. The molecule has 0 aliphatic heterocycles. The van der Waals surface area contributed by atoms with Crippen LogP contribution >= 0.6 is 0 Å². The number of furan rings is 1. The van der Waals surface area contributed by atoms with E-state index in [4.69, 9.17) is 18.4 Å². The van der Waals surface area contributed by atoms with E-state index >= 15 is 0 Å². The van der Waals surface area contributed by atoms with Gasteiger partial charge in [-0.1, -0.05) is 5.16 Å². The molecule has 0 saturated heterocycles. The number of methoxy groups -OCH3 is 2. The maximum atomic E-state index is 12.6. The van der Waals surface area contributed by atoms with E-state index in [1.54, 1.807) is 57.7 Å². The zero-order chi connectivity index (χ0) is 17.8. The summed E-state index contributed by atoms with van der Waals surface area (Å²) in [5, 5.41) is 6.73. The fourth-order valence-electron chi connectivity index (χ4n) is 2.44. The number of aryl methyl sites for hydroxylation is 1. The molecule has 130 valence electrons. The van der Waals surface area contributed by atoms with Crippen molar-refractivity contribution in [2.75, 3.05) is 14.2 Å². The molecule has 0 bridgehead atoms. The maximum Gasteiger partial charge on any atom is 0.257 e. The van der Waals surface area contributed by atoms with Crippen LogP contribution in [0.4, 0.5) is 0 Å². The third-order valence-corrected chi connectivity index (χ3v) is 3.71.